The molecule has 0 saturated carbocycles. The number of aliphatic carboxylic acids is 1. The highest BCUT2D eigenvalue weighted by molar-refractivity contribution is 5.80. The van der Waals surface area contributed by atoms with E-state index in [0.29, 0.717) is 6.54 Å². The molecular weight excluding hydrogens is 454 g/mol. The van der Waals surface area contributed by atoms with Crippen LogP contribution >= 0.6 is 0 Å². The fourth-order valence-electron chi connectivity index (χ4n) is 5.09. The molecule has 2 aromatic rings. The molecule has 3 heterocycles. The number of benzene rings is 1. The molecule has 194 valence electrons. The van der Waals surface area contributed by atoms with E-state index < -0.39 is 12.0 Å². The predicted octanol–water partition coefficient (Wildman–Crippen LogP) is 2.49. The van der Waals surface area contributed by atoms with Crippen LogP contribution in [-0.4, -0.2) is 72.2 Å². The number of fused-ring (bicyclic) bond motifs is 1. The van der Waals surface area contributed by atoms with E-state index in [0.717, 1.165) is 81.8 Å². The minimum Gasteiger partial charge on any atom is -0.480 e. The van der Waals surface area contributed by atoms with Gasteiger partial charge in [-0.15, -0.1) is 0 Å². The van der Waals surface area contributed by atoms with E-state index in [1.165, 1.54) is 12.0 Å². The van der Waals surface area contributed by atoms with Crippen LogP contribution in [0.3, 0.4) is 0 Å². The van der Waals surface area contributed by atoms with Gasteiger partial charge in [0, 0.05) is 31.9 Å². The van der Waals surface area contributed by atoms with Crippen LogP contribution in [0.2, 0.25) is 0 Å². The Morgan fingerprint density at radius 1 is 1.14 bits per heavy atom. The molecule has 0 unspecified atom stereocenters. The van der Waals surface area contributed by atoms with Crippen LogP contribution in [0.4, 0.5) is 5.82 Å². The highest BCUT2D eigenvalue weighted by Crippen LogP contribution is 2.21. The van der Waals surface area contributed by atoms with Gasteiger partial charge in [0.15, 0.2) is 0 Å². The molecule has 0 spiro atoms. The summed E-state index contributed by atoms with van der Waals surface area (Å²) in [6.07, 6.45) is 6.77. The fraction of sp³-hybridized carbons (Fsp3) is 0.536. The standard InChI is InChI=1S/C28H39N5O3/c34-27(31-19-25(28(35)36)29-16-14-21-7-2-1-3-8-21)23-10-5-17-33(20-23)18-6-11-24-13-12-22-9-4-15-30-26(22)32-24/h1-3,7-8,12-13,23,25,29H,4-6,9-11,14-20H2,(H,30,32)(H,31,34)(H,35,36)/t23-,25+/m1/s1. The summed E-state index contributed by atoms with van der Waals surface area (Å²) in [6.45, 7) is 4.30. The van der Waals surface area contributed by atoms with Crippen LogP contribution in [0.5, 0.6) is 0 Å². The van der Waals surface area contributed by atoms with Crippen molar-refractivity contribution in [2.45, 2.75) is 51.0 Å². The number of rotatable bonds is 12. The largest absolute Gasteiger partial charge is 0.480 e. The summed E-state index contributed by atoms with van der Waals surface area (Å²) in [6, 6.07) is 13.5. The first-order valence-electron chi connectivity index (χ1n) is 13.3. The average molecular weight is 494 g/mol. The second-order valence-electron chi connectivity index (χ2n) is 9.91. The monoisotopic (exact) mass is 493 g/mol. The molecule has 2 atom stereocenters. The van der Waals surface area contributed by atoms with Crippen molar-refractivity contribution in [3.8, 4) is 0 Å². The second kappa shape index (κ2) is 13.4. The third-order valence-electron chi connectivity index (χ3n) is 7.16. The molecule has 1 saturated heterocycles. The lowest BCUT2D eigenvalue weighted by atomic mass is 9.96. The number of aromatic nitrogens is 1. The molecule has 2 aliphatic heterocycles. The van der Waals surface area contributed by atoms with Crippen molar-refractivity contribution in [1.29, 1.82) is 0 Å². The molecule has 4 rings (SSSR count). The number of piperidine rings is 1. The summed E-state index contributed by atoms with van der Waals surface area (Å²) in [4.78, 5) is 31.6. The minimum absolute atomic E-state index is 0.0433. The molecule has 0 bridgehead atoms. The van der Waals surface area contributed by atoms with Gasteiger partial charge in [-0.3, -0.25) is 9.59 Å². The van der Waals surface area contributed by atoms with Gasteiger partial charge in [-0.2, -0.15) is 0 Å². The van der Waals surface area contributed by atoms with Crippen LogP contribution in [0, 0.1) is 5.92 Å². The topological polar surface area (TPSA) is 107 Å². The summed E-state index contributed by atoms with van der Waals surface area (Å²) >= 11 is 0. The average Bonchev–Trinajstić information content (AvgIpc) is 2.91. The first-order chi connectivity index (χ1) is 17.6. The Kier molecular flexibility index (Phi) is 9.69. The second-order valence-corrected chi connectivity index (χ2v) is 9.91. The third-order valence-corrected chi connectivity index (χ3v) is 7.16. The normalized spacial score (nSPS) is 18.6. The number of amides is 1. The summed E-state index contributed by atoms with van der Waals surface area (Å²) < 4.78 is 0. The van der Waals surface area contributed by atoms with Gasteiger partial charge in [-0.25, -0.2) is 4.98 Å². The van der Waals surface area contributed by atoms with E-state index >= 15 is 0 Å². The first kappa shape index (κ1) is 26.1. The Morgan fingerprint density at radius 3 is 2.83 bits per heavy atom. The van der Waals surface area contributed by atoms with Gasteiger partial charge in [0.2, 0.25) is 5.91 Å². The molecule has 0 radical (unpaired) electrons. The van der Waals surface area contributed by atoms with E-state index in [1.807, 2.05) is 30.3 Å². The van der Waals surface area contributed by atoms with Crippen LogP contribution in [-0.2, 0) is 28.9 Å². The van der Waals surface area contributed by atoms with E-state index in [1.54, 1.807) is 0 Å². The smallest absolute Gasteiger partial charge is 0.322 e. The Balaban J connectivity index is 1.17. The van der Waals surface area contributed by atoms with Crippen molar-refractivity contribution in [2.24, 2.45) is 5.92 Å². The Hall–Kier alpha value is -2.97. The Morgan fingerprint density at radius 2 is 2.00 bits per heavy atom. The van der Waals surface area contributed by atoms with Crippen molar-refractivity contribution in [3.63, 3.8) is 0 Å². The molecule has 8 nitrogen and oxygen atoms in total. The molecule has 1 amide bonds. The van der Waals surface area contributed by atoms with Gasteiger partial charge < -0.3 is 26.0 Å². The quantitative estimate of drug-likeness (QED) is 0.360. The number of nitrogens with one attached hydrogen (secondary N) is 3. The highest BCUT2D eigenvalue weighted by Gasteiger charge is 2.27. The number of carbonyl (C=O) groups excluding carboxylic acids is 1. The number of anilines is 1. The number of carboxylic acid groups (broad SMARTS) is 1. The van der Waals surface area contributed by atoms with E-state index in [-0.39, 0.29) is 18.4 Å². The van der Waals surface area contributed by atoms with Crippen LogP contribution in [0.1, 0.15) is 42.5 Å². The van der Waals surface area contributed by atoms with Crippen LogP contribution in [0.25, 0.3) is 0 Å². The maximum absolute atomic E-state index is 12.8. The van der Waals surface area contributed by atoms with Crippen LogP contribution in [0.15, 0.2) is 42.5 Å². The lowest BCUT2D eigenvalue weighted by Crippen LogP contribution is -2.49. The summed E-state index contributed by atoms with van der Waals surface area (Å²) in [5, 5.41) is 18.9. The van der Waals surface area contributed by atoms with Crippen molar-refractivity contribution in [3.05, 3.63) is 59.3 Å². The summed E-state index contributed by atoms with van der Waals surface area (Å²) in [5.74, 6) is -0.0379. The maximum Gasteiger partial charge on any atom is 0.322 e. The number of hydrogen-bond acceptors (Lipinski definition) is 6. The molecule has 1 aromatic carbocycles. The lowest BCUT2D eigenvalue weighted by molar-refractivity contribution is -0.139. The van der Waals surface area contributed by atoms with Gasteiger partial charge >= 0.3 is 5.97 Å². The molecule has 1 aromatic heterocycles. The molecule has 4 N–H and O–H groups in total. The Bertz CT molecular complexity index is 1000. The lowest BCUT2D eigenvalue weighted by Gasteiger charge is -2.32. The number of nitrogens with zero attached hydrogens (tertiary/aromatic N) is 2. The molecule has 36 heavy (non-hydrogen) atoms. The summed E-state index contributed by atoms with van der Waals surface area (Å²) in [7, 11) is 0. The fourth-order valence-corrected chi connectivity index (χ4v) is 5.09. The van der Waals surface area contributed by atoms with Gasteiger partial charge in [0.05, 0.1) is 5.92 Å². The molecule has 2 aliphatic rings. The first-order valence-corrected chi connectivity index (χ1v) is 13.3. The summed E-state index contributed by atoms with van der Waals surface area (Å²) in [5.41, 5.74) is 3.58. The third kappa shape index (κ3) is 7.77. The zero-order valence-electron chi connectivity index (χ0n) is 21.0. The molecule has 8 heteroatoms. The van der Waals surface area contributed by atoms with Gasteiger partial charge in [-0.1, -0.05) is 36.4 Å². The Labute approximate surface area is 213 Å². The van der Waals surface area contributed by atoms with Gasteiger partial charge in [0.25, 0.3) is 0 Å². The van der Waals surface area contributed by atoms with E-state index in [4.69, 9.17) is 4.98 Å². The highest BCUT2D eigenvalue weighted by atomic mass is 16.4. The SMILES string of the molecule is O=C(NC[C@H](NCCc1ccccc1)C(=O)O)[C@@H]1CCCN(CCCc2ccc3c(n2)NCCC3)C1. The van der Waals surface area contributed by atoms with E-state index in [9.17, 15) is 14.7 Å². The number of hydrogen-bond donors (Lipinski definition) is 4. The molecule has 0 aliphatic carbocycles. The van der Waals surface area contributed by atoms with E-state index in [2.05, 4.69) is 33.0 Å². The number of aryl methyl sites for hydroxylation is 2. The van der Waals surface area contributed by atoms with Gasteiger partial charge in [0.1, 0.15) is 11.9 Å². The van der Waals surface area contributed by atoms with Crippen LogP contribution < -0.4 is 16.0 Å². The minimum atomic E-state index is -0.945. The van der Waals surface area contributed by atoms with Crippen molar-refractivity contribution in [2.75, 3.05) is 44.6 Å². The van der Waals surface area contributed by atoms with Gasteiger partial charge in [-0.05, 0) is 75.2 Å². The van der Waals surface area contributed by atoms with Crippen molar-refractivity contribution < 1.29 is 14.7 Å². The molecular formula is C28H39N5O3. The predicted molar refractivity (Wildman–Crippen MR) is 141 cm³/mol. The zero-order chi connectivity index (χ0) is 25.2. The van der Waals surface area contributed by atoms with Crippen molar-refractivity contribution >= 4 is 17.7 Å². The number of carbonyl (C=O) groups is 2. The van der Waals surface area contributed by atoms with Crippen molar-refractivity contribution in [1.82, 2.24) is 20.5 Å². The number of likely N-dealkylation sites (tertiary alicyclic amines) is 1. The maximum atomic E-state index is 12.8. The number of pyridine rings is 1. The zero-order valence-corrected chi connectivity index (χ0v) is 21.0. The molecule has 1 fully saturated rings. The number of carboxylic acids is 1.